The third kappa shape index (κ3) is 6.03. The fourth-order valence-corrected chi connectivity index (χ4v) is 8.17. The molecule has 1 aromatic heterocycles. The SMILES string of the molecule is CC(C)c1cc(I)c2c(n1)CC1(CCC([C@H](O)c3ccc(C(F)(F)F)cc3)C1)C[C@@H]2O[Si](C)(C)C(C)(C)C. The summed E-state index contributed by atoms with van der Waals surface area (Å²) in [6.07, 6.45) is -0.851. The van der Waals surface area contributed by atoms with E-state index in [1.54, 1.807) is 0 Å². The Morgan fingerprint density at radius 2 is 1.74 bits per heavy atom. The molecule has 8 heteroatoms. The maximum absolute atomic E-state index is 13.0. The molecule has 0 bridgehead atoms. The number of halogens is 4. The van der Waals surface area contributed by atoms with Crippen LogP contribution < -0.4 is 0 Å². The predicted molar refractivity (Wildman–Crippen MR) is 157 cm³/mol. The minimum absolute atomic E-state index is 0.00541. The van der Waals surface area contributed by atoms with Crippen LogP contribution in [0.25, 0.3) is 0 Å². The van der Waals surface area contributed by atoms with E-state index in [0.717, 1.165) is 55.6 Å². The molecule has 2 aliphatic carbocycles. The first-order valence-electron chi connectivity index (χ1n) is 13.6. The second-order valence-electron chi connectivity index (χ2n) is 13.4. The number of rotatable bonds is 5. The summed E-state index contributed by atoms with van der Waals surface area (Å²) in [5.41, 5.74) is 3.28. The Labute approximate surface area is 240 Å². The van der Waals surface area contributed by atoms with Crippen molar-refractivity contribution < 1.29 is 22.7 Å². The van der Waals surface area contributed by atoms with E-state index in [-0.39, 0.29) is 22.5 Å². The summed E-state index contributed by atoms with van der Waals surface area (Å²) in [5, 5.41) is 11.3. The second-order valence-corrected chi connectivity index (χ2v) is 19.3. The molecule has 210 valence electrons. The van der Waals surface area contributed by atoms with E-state index in [1.165, 1.54) is 21.3 Å². The number of nitrogens with zero attached hydrogens (tertiary/aromatic N) is 1. The van der Waals surface area contributed by atoms with E-state index in [9.17, 15) is 18.3 Å². The summed E-state index contributed by atoms with van der Waals surface area (Å²) in [4.78, 5) is 5.16. The van der Waals surface area contributed by atoms with E-state index in [2.05, 4.69) is 76.4 Å². The van der Waals surface area contributed by atoms with Crippen molar-refractivity contribution in [2.75, 3.05) is 0 Å². The zero-order chi connectivity index (χ0) is 28.3. The van der Waals surface area contributed by atoms with Crippen LogP contribution in [0.4, 0.5) is 13.2 Å². The Bertz CT molecular complexity index is 1160. The van der Waals surface area contributed by atoms with E-state index in [4.69, 9.17) is 9.41 Å². The van der Waals surface area contributed by atoms with Crippen LogP contribution in [0.15, 0.2) is 30.3 Å². The van der Waals surface area contributed by atoms with Crippen molar-refractivity contribution in [3.63, 3.8) is 0 Å². The van der Waals surface area contributed by atoms with Gasteiger partial charge in [0, 0.05) is 20.5 Å². The van der Waals surface area contributed by atoms with Gasteiger partial charge in [0.2, 0.25) is 0 Å². The van der Waals surface area contributed by atoms with Crippen molar-refractivity contribution in [1.82, 2.24) is 4.98 Å². The number of hydrogen-bond donors (Lipinski definition) is 1. The molecule has 1 saturated carbocycles. The summed E-state index contributed by atoms with van der Waals surface area (Å²) in [5.74, 6) is 0.318. The number of hydrogen-bond acceptors (Lipinski definition) is 3. The molecule has 0 radical (unpaired) electrons. The summed E-state index contributed by atoms with van der Waals surface area (Å²) in [7, 11) is -2.07. The van der Waals surface area contributed by atoms with Gasteiger partial charge >= 0.3 is 6.18 Å². The molecule has 1 N–H and O–H groups in total. The van der Waals surface area contributed by atoms with Gasteiger partial charge in [-0.15, -0.1) is 0 Å². The third-order valence-corrected chi connectivity index (χ3v) is 14.6. The molecule has 3 nitrogen and oxygen atoms in total. The van der Waals surface area contributed by atoms with Crippen molar-refractivity contribution in [2.45, 2.75) is 109 Å². The molecule has 1 aromatic carbocycles. The topological polar surface area (TPSA) is 42.4 Å². The quantitative estimate of drug-likeness (QED) is 0.257. The maximum atomic E-state index is 13.0. The molecule has 1 heterocycles. The molecule has 38 heavy (non-hydrogen) atoms. The Morgan fingerprint density at radius 3 is 2.29 bits per heavy atom. The van der Waals surface area contributed by atoms with Gasteiger partial charge in [0.1, 0.15) is 0 Å². The van der Waals surface area contributed by atoms with E-state index >= 15 is 0 Å². The van der Waals surface area contributed by atoms with E-state index < -0.39 is 26.2 Å². The Morgan fingerprint density at radius 1 is 1.11 bits per heavy atom. The number of fused-ring (bicyclic) bond motifs is 1. The normalized spacial score (nSPS) is 25.2. The van der Waals surface area contributed by atoms with Crippen molar-refractivity contribution in [3.05, 3.63) is 62.0 Å². The van der Waals surface area contributed by atoms with Gasteiger partial charge in [-0.05, 0) is 114 Å². The van der Waals surface area contributed by atoms with Gasteiger partial charge in [-0.3, -0.25) is 4.98 Å². The van der Waals surface area contributed by atoms with Crippen LogP contribution >= 0.6 is 22.6 Å². The van der Waals surface area contributed by atoms with Crippen LogP contribution in [-0.2, 0) is 17.0 Å². The number of aromatic nitrogens is 1. The zero-order valence-electron chi connectivity index (χ0n) is 23.5. The number of aliphatic hydroxyl groups is 1. The molecule has 2 unspecified atom stereocenters. The van der Waals surface area contributed by atoms with Crippen LogP contribution in [-0.4, -0.2) is 18.4 Å². The first-order valence-corrected chi connectivity index (χ1v) is 17.6. The smallest absolute Gasteiger partial charge is 0.410 e. The summed E-state index contributed by atoms with van der Waals surface area (Å²) in [6.45, 7) is 15.7. The molecule has 0 amide bonds. The molecule has 1 spiro atoms. The Balaban J connectivity index is 1.64. The Hall–Kier alpha value is -0.973. The highest BCUT2D eigenvalue weighted by Crippen LogP contribution is 2.57. The average Bonchev–Trinajstić information content (AvgIpc) is 3.19. The number of alkyl halides is 3. The van der Waals surface area contributed by atoms with Crippen LogP contribution in [0.2, 0.25) is 18.1 Å². The first kappa shape index (κ1) is 30.0. The van der Waals surface area contributed by atoms with Gasteiger partial charge in [0.25, 0.3) is 0 Å². The van der Waals surface area contributed by atoms with Gasteiger partial charge in [0.05, 0.1) is 17.8 Å². The van der Waals surface area contributed by atoms with Crippen molar-refractivity contribution in [2.24, 2.45) is 11.3 Å². The first-order chi connectivity index (χ1) is 17.4. The minimum Gasteiger partial charge on any atom is -0.410 e. The number of benzene rings is 1. The van der Waals surface area contributed by atoms with Crippen molar-refractivity contribution >= 4 is 30.9 Å². The molecule has 0 saturated heterocycles. The lowest BCUT2D eigenvalue weighted by Crippen LogP contribution is -2.44. The Kier molecular flexibility index (Phi) is 8.25. The monoisotopic (exact) mass is 659 g/mol. The molecule has 0 aliphatic heterocycles. The molecule has 2 aromatic rings. The highest BCUT2D eigenvalue weighted by atomic mass is 127. The summed E-state index contributed by atoms with van der Waals surface area (Å²) >= 11 is 2.45. The van der Waals surface area contributed by atoms with Gasteiger partial charge in [-0.1, -0.05) is 46.8 Å². The van der Waals surface area contributed by atoms with Crippen LogP contribution in [0.3, 0.4) is 0 Å². The molecule has 2 aliphatic rings. The summed E-state index contributed by atoms with van der Waals surface area (Å²) < 4.78 is 47.4. The molecular formula is C30H41F3INO2Si. The van der Waals surface area contributed by atoms with Crippen LogP contribution in [0, 0.1) is 14.9 Å². The van der Waals surface area contributed by atoms with Crippen LogP contribution in [0.1, 0.15) is 107 Å². The van der Waals surface area contributed by atoms with Crippen molar-refractivity contribution in [1.29, 1.82) is 0 Å². The third-order valence-electron chi connectivity index (χ3n) is 9.19. The molecular weight excluding hydrogens is 618 g/mol. The van der Waals surface area contributed by atoms with Gasteiger partial charge in [-0.25, -0.2) is 0 Å². The lowest BCUT2D eigenvalue weighted by molar-refractivity contribution is -0.137. The lowest BCUT2D eigenvalue weighted by atomic mass is 9.70. The molecule has 4 rings (SSSR count). The number of pyridine rings is 1. The second kappa shape index (κ2) is 10.5. The average molecular weight is 660 g/mol. The summed E-state index contributed by atoms with van der Waals surface area (Å²) in [6, 6.07) is 7.20. The molecule has 4 atom stereocenters. The van der Waals surface area contributed by atoms with Gasteiger partial charge in [-0.2, -0.15) is 13.2 Å². The fraction of sp³-hybridized carbons (Fsp3) is 0.633. The van der Waals surface area contributed by atoms with Crippen LogP contribution in [0.5, 0.6) is 0 Å². The van der Waals surface area contributed by atoms with Gasteiger partial charge < -0.3 is 9.53 Å². The predicted octanol–water partition coefficient (Wildman–Crippen LogP) is 9.36. The van der Waals surface area contributed by atoms with E-state index in [1.807, 2.05) is 0 Å². The highest BCUT2D eigenvalue weighted by Gasteiger charge is 2.50. The van der Waals surface area contributed by atoms with Crippen molar-refractivity contribution in [3.8, 4) is 0 Å². The zero-order valence-corrected chi connectivity index (χ0v) is 26.7. The minimum atomic E-state index is -4.38. The molecule has 1 fully saturated rings. The fourth-order valence-electron chi connectivity index (χ4n) is 5.93. The van der Waals surface area contributed by atoms with Gasteiger partial charge in [0.15, 0.2) is 8.32 Å². The lowest BCUT2D eigenvalue weighted by Gasteiger charge is -2.45. The highest BCUT2D eigenvalue weighted by molar-refractivity contribution is 14.1. The van der Waals surface area contributed by atoms with E-state index in [0.29, 0.717) is 11.5 Å². The largest absolute Gasteiger partial charge is 0.416 e. The standard InChI is InChI=1S/C30H41F3INO2Si/c1-18(2)23-14-22(34)26-24(35-23)16-29(17-25(26)37-38(6,7)28(3,4)5)13-12-20(15-29)27(36)19-8-10-21(11-9-19)30(31,32)33/h8-11,14,18,20,25,27,36H,12-13,15-17H2,1-7H3/t20?,25-,27+,29?/m0/s1. The maximum Gasteiger partial charge on any atom is 0.416 e. The number of aliphatic hydroxyl groups excluding tert-OH is 1.